The molecule has 35 heavy (non-hydrogen) atoms. The first-order valence-electron chi connectivity index (χ1n) is 11.4. The Bertz CT molecular complexity index is 1300. The molecule has 0 radical (unpaired) electrons. The molecule has 0 unspecified atom stereocenters. The number of hydrogen-bond acceptors (Lipinski definition) is 5. The molecule has 2 aliphatic rings. The molecular formula is C27H22Cl2N4O2. The third-order valence-electron chi connectivity index (χ3n) is 6.62. The molecule has 3 aromatic carbocycles. The zero-order chi connectivity index (χ0) is 24.5. The minimum atomic E-state index is -0.233. The molecule has 3 aromatic rings. The van der Waals surface area contributed by atoms with Gasteiger partial charge in [-0.2, -0.15) is 5.26 Å². The number of fused-ring (bicyclic) bond motifs is 1. The molecule has 0 aliphatic carbocycles. The van der Waals surface area contributed by atoms with Crippen molar-refractivity contribution < 1.29 is 9.59 Å². The predicted molar refractivity (Wildman–Crippen MR) is 136 cm³/mol. The molecule has 1 saturated heterocycles. The van der Waals surface area contributed by atoms with Gasteiger partial charge in [-0.25, -0.2) is 0 Å². The van der Waals surface area contributed by atoms with Crippen LogP contribution in [0.4, 0.5) is 5.69 Å². The van der Waals surface area contributed by atoms with Gasteiger partial charge in [-0.15, -0.1) is 0 Å². The monoisotopic (exact) mass is 504 g/mol. The maximum Gasteiger partial charge on any atom is 0.261 e. The van der Waals surface area contributed by atoms with E-state index in [1.807, 2.05) is 30.3 Å². The fourth-order valence-corrected chi connectivity index (χ4v) is 5.21. The summed E-state index contributed by atoms with van der Waals surface area (Å²) < 4.78 is 0. The molecule has 2 amide bonds. The predicted octanol–water partition coefficient (Wildman–Crippen LogP) is 5.02. The first-order chi connectivity index (χ1) is 17.0. The van der Waals surface area contributed by atoms with Crippen LogP contribution in [-0.2, 0) is 0 Å². The van der Waals surface area contributed by atoms with Crippen LogP contribution in [0.1, 0.15) is 37.9 Å². The van der Waals surface area contributed by atoms with Crippen molar-refractivity contribution in [1.82, 2.24) is 9.80 Å². The molecule has 8 heteroatoms. The first-order valence-corrected chi connectivity index (χ1v) is 12.1. The minimum Gasteiger partial charge on any atom is -0.361 e. The molecular weight excluding hydrogens is 483 g/mol. The number of halogens is 2. The van der Waals surface area contributed by atoms with Crippen LogP contribution in [0.5, 0.6) is 0 Å². The first kappa shape index (κ1) is 23.4. The topological polar surface area (TPSA) is 67.7 Å². The van der Waals surface area contributed by atoms with Gasteiger partial charge in [-0.1, -0.05) is 47.5 Å². The van der Waals surface area contributed by atoms with Gasteiger partial charge in [0.05, 0.1) is 39.5 Å². The maximum absolute atomic E-state index is 12.8. The van der Waals surface area contributed by atoms with Gasteiger partial charge in [-0.3, -0.25) is 19.4 Å². The van der Waals surface area contributed by atoms with E-state index in [1.54, 1.807) is 36.4 Å². The average Bonchev–Trinajstić information content (AvgIpc) is 3.12. The zero-order valence-corrected chi connectivity index (χ0v) is 20.3. The molecule has 0 aromatic heterocycles. The molecule has 1 fully saturated rings. The number of hydrogen-bond donors (Lipinski definition) is 0. The Hall–Kier alpha value is -3.37. The number of carbonyl (C=O) groups excluding carboxylic acids is 2. The summed E-state index contributed by atoms with van der Waals surface area (Å²) in [6.07, 6.45) is 0. The van der Waals surface area contributed by atoms with E-state index >= 15 is 0 Å². The molecule has 1 atom stereocenters. The Morgan fingerprint density at radius 3 is 2.20 bits per heavy atom. The number of amides is 2. The molecule has 2 aliphatic heterocycles. The number of carbonyl (C=O) groups is 2. The lowest BCUT2D eigenvalue weighted by atomic mass is 10.0. The molecule has 0 spiro atoms. The lowest BCUT2D eigenvalue weighted by Gasteiger charge is -2.43. The number of imide groups is 1. The van der Waals surface area contributed by atoms with Crippen molar-refractivity contribution in [1.29, 1.82) is 5.26 Å². The fourth-order valence-electron chi connectivity index (χ4n) is 4.79. The van der Waals surface area contributed by atoms with Crippen LogP contribution in [0, 0.1) is 11.3 Å². The molecule has 0 N–H and O–H groups in total. The highest BCUT2D eigenvalue weighted by Crippen LogP contribution is 2.36. The molecule has 0 saturated carbocycles. The number of benzene rings is 3. The Morgan fingerprint density at radius 2 is 1.57 bits per heavy atom. The fraction of sp³-hybridized carbons (Fsp3) is 0.222. The van der Waals surface area contributed by atoms with E-state index in [0.29, 0.717) is 52.9 Å². The minimum absolute atomic E-state index is 0.0198. The smallest absolute Gasteiger partial charge is 0.261 e. The van der Waals surface area contributed by atoms with Gasteiger partial charge >= 0.3 is 0 Å². The Morgan fingerprint density at radius 1 is 0.886 bits per heavy atom. The van der Waals surface area contributed by atoms with Gasteiger partial charge in [0.1, 0.15) is 0 Å². The third-order valence-corrected chi connectivity index (χ3v) is 7.18. The van der Waals surface area contributed by atoms with Crippen molar-refractivity contribution in [3.8, 4) is 6.07 Å². The second kappa shape index (κ2) is 9.71. The van der Waals surface area contributed by atoms with E-state index in [-0.39, 0.29) is 17.9 Å². The largest absolute Gasteiger partial charge is 0.361 e. The number of anilines is 1. The zero-order valence-electron chi connectivity index (χ0n) is 18.8. The van der Waals surface area contributed by atoms with Gasteiger partial charge in [0.15, 0.2) is 0 Å². The highest BCUT2D eigenvalue weighted by atomic mass is 35.5. The summed E-state index contributed by atoms with van der Waals surface area (Å²) in [5.74, 6) is -0.467. The summed E-state index contributed by atoms with van der Waals surface area (Å²) in [5, 5.41) is 10.4. The van der Waals surface area contributed by atoms with Crippen LogP contribution in [-0.4, -0.2) is 54.3 Å². The SMILES string of the molecule is N#Cc1ccc(N2CCN(CCN3C(=O)c4ccccc4C3=O)C[C@H]2c2ccc(Cl)cc2)c(Cl)c1. The van der Waals surface area contributed by atoms with Crippen LogP contribution in [0.3, 0.4) is 0 Å². The van der Waals surface area contributed by atoms with Crippen LogP contribution in [0.2, 0.25) is 10.0 Å². The van der Waals surface area contributed by atoms with Crippen molar-refractivity contribution in [2.75, 3.05) is 37.6 Å². The molecule has 2 heterocycles. The van der Waals surface area contributed by atoms with Gasteiger partial charge < -0.3 is 4.90 Å². The van der Waals surface area contributed by atoms with Gasteiger partial charge in [0.2, 0.25) is 0 Å². The Balaban J connectivity index is 1.35. The van der Waals surface area contributed by atoms with Gasteiger partial charge in [0, 0.05) is 37.7 Å². The van der Waals surface area contributed by atoms with Gasteiger partial charge in [0.25, 0.3) is 11.8 Å². The van der Waals surface area contributed by atoms with E-state index in [0.717, 1.165) is 17.8 Å². The summed E-state index contributed by atoms with van der Waals surface area (Å²) in [6, 6.07) is 22.1. The summed E-state index contributed by atoms with van der Waals surface area (Å²) >= 11 is 12.7. The van der Waals surface area contributed by atoms with Gasteiger partial charge in [-0.05, 0) is 48.0 Å². The van der Waals surface area contributed by atoms with E-state index < -0.39 is 0 Å². The quantitative estimate of drug-likeness (QED) is 0.456. The molecule has 5 rings (SSSR count). The van der Waals surface area contributed by atoms with E-state index in [4.69, 9.17) is 23.2 Å². The van der Waals surface area contributed by atoms with Crippen molar-refractivity contribution in [3.63, 3.8) is 0 Å². The molecule has 6 nitrogen and oxygen atoms in total. The molecule has 0 bridgehead atoms. The van der Waals surface area contributed by atoms with E-state index in [9.17, 15) is 14.9 Å². The maximum atomic E-state index is 12.8. The highest BCUT2D eigenvalue weighted by Gasteiger charge is 2.36. The summed E-state index contributed by atoms with van der Waals surface area (Å²) in [7, 11) is 0. The van der Waals surface area contributed by atoms with Crippen LogP contribution < -0.4 is 4.90 Å². The van der Waals surface area contributed by atoms with Crippen molar-refractivity contribution in [2.45, 2.75) is 6.04 Å². The van der Waals surface area contributed by atoms with Crippen LogP contribution >= 0.6 is 23.2 Å². The second-order valence-corrected chi connectivity index (χ2v) is 9.49. The lowest BCUT2D eigenvalue weighted by Crippen LogP contribution is -2.50. The highest BCUT2D eigenvalue weighted by molar-refractivity contribution is 6.33. The van der Waals surface area contributed by atoms with Crippen LogP contribution in [0.25, 0.3) is 0 Å². The van der Waals surface area contributed by atoms with Crippen LogP contribution in [0.15, 0.2) is 66.7 Å². The number of piperazine rings is 1. The third kappa shape index (κ3) is 4.51. The number of nitriles is 1. The van der Waals surface area contributed by atoms with Crippen molar-refractivity contribution in [3.05, 3.63) is 99.0 Å². The number of nitrogens with zero attached hydrogens (tertiary/aromatic N) is 4. The summed E-state index contributed by atoms with van der Waals surface area (Å²) in [6.45, 7) is 3.02. The summed E-state index contributed by atoms with van der Waals surface area (Å²) in [4.78, 5) is 31.3. The normalized spacial score (nSPS) is 18.0. The van der Waals surface area contributed by atoms with E-state index in [2.05, 4.69) is 15.9 Å². The van der Waals surface area contributed by atoms with Crippen molar-refractivity contribution in [2.24, 2.45) is 0 Å². The van der Waals surface area contributed by atoms with E-state index in [1.165, 1.54) is 4.90 Å². The Labute approximate surface area is 213 Å². The second-order valence-electron chi connectivity index (χ2n) is 8.65. The molecule has 176 valence electrons. The Kier molecular flexibility index (Phi) is 6.48. The lowest BCUT2D eigenvalue weighted by molar-refractivity contribution is 0.0631. The number of rotatable bonds is 5. The average molecular weight is 505 g/mol. The van der Waals surface area contributed by atoms with Crippen molar-refractivity contribution >= 4 is 40.7 Å². The summed E-state index contributed by atoms with van der Waals surface area (Å²) in [5.41, 5.74) is 3.40. The standard InChI is InChI=1S/C27H22Cl2N4O2/c28-20-8-6-19(7-9-20)25-17-31(11-13-32(25)24-10-5-18(16-30)15-23(24)29)12-14-33-26(34)21-3-1-2-4-22(21)27(33)35/h1-10,15,25H,11-14,17H2/t25-/m0/s1.